The van der Waals surface area contributed by atoms with Crippen LogP contribution in [0.4, 0.5) is 0 Å². The fourth-order valence-corrected chi connectivity index (χ4v) is 0.530. The zero-order chi connectivity index (χ0) is 7.56. The van der Waals surface area contributed by atoms with Gasteiger partial charge in [0.05, 0.1) is 0 Å². The molecule has 10 heavy (non-hydrogen) atoms. The van der Waals surface area contributed by atoms with Gasteiger partial charge in [-0.1, -0.05) is 5.21 Å². The Morgan fingerprint density at radius 3 is 2.80 bits per heavy atom. The van der Waals surface area contributed by atoms with Crippen molar-refractivity contribution in [2.45, 2.75) is 19.1 Å². The Kier molecular flexibility index (Phi) is 1.93. The van der Waals surface area contributed by atoms with Crippen LogP contribution in [0.5, 0.6) is 0 Å². The Morgan fingerprint density at radius 2 is 2.40 bits per heavy atom. The molecular weight excluding hydrogens is 134 g/mol. The molecule has 6 heteroatoms. The van der Waals surface area contributed by atoms with E-state index >= 15 is 0 Å². The smallest absolute Gasteiger partial charge is 0.204 e. The summed E-state index contributed by atoms with van der Waals surface area (Å²) in [4.78, 5) is 0. The van der Waals surface area contributed by atoms with E-state index in [4.69, 9.17) is 5.73 Å². The number of nitrogens with zero attached hydrogens (tertiary/aromatic N) is 3. The molecule has 0 aliphatic carbocycles. The highest BCUT2D eigenvalue weighted by Gasteiger charge is 2.15. The van der Waals surface area contributed by atoms with E-state index < -0.39 is 6.10 Å². The maximum absolute atomic E-state index is 9.18. The van der Waals surface area contributed by atoms with Gasteiger partial charge in [-0.05, 0) is 6.92 Å². The van der Waals surface area contributed by atoms with Crippen LogP contribution in [-0.2, 0) is 0 Å². The van der Waals surface area contributed by atoms with Crippen LogP contribution in [0, 0.1) is 0 Å². The lowest BCUT2D eigenvalue weighted by Crippen LogP contribution is -2.25. The van der Waals surface area contributed by atoms with Gasteiger partial charge >= 0.3 is 0 Å². The van der Waals surface area contributed by atoms with E-state index in [9.17, 15) is 5.11 Å². The second kappa shape index (κ2) is 2.72. The average Bonchev–Trinajstić information content (AvgIpc) is 2.36. The number of aliphatic hydroxyl groups is 1. The second-order valence-electron chi connectivity index (χ2n) is 2.07. The Balaban J connectivity index is 2.68. The normalized spacial score (nSPS) is 16.7. The molecular formula is C4H9N5O. The highest BCUT2D eigenvalue weighted by atomic mass is 16.3. The molecule has 1 rings (SSSR count). The lowest BCUT2D eigenvalue weighted by atomic mass is 10.2. The molecule has 1 aromatic rings. The molecule has 0 aromatic carbocycles. The molecule has 0 saturated heterocycles. The van der Waals surface area contributed by atoms with Crippen molar-refractivity contribution in [3.05, 3.63) is 5.82 Å². The molecule has 56 valence electrons. The summed E-state index contributed by atoms with van der Waals surface area (Å²) in [6.45, 7) is 1.67. The number of aromatic amines is 1. The molecule has 0 saturated carbocycles. The van der Waals surface area contributed by atoms with Gasteiger partial charge in [0.15, 0.2) is 0 Å². The van der Waals surface area contributed by atoms with Crippen molar-refractivity contribution in [3.63, 3.8) is 0 Å². The molecule has 0 spiro atoms. The fraction of sp³-hybridized carbons (Fsp3) is 0.750. The van der Waals surface area contributed by atoms with Crippen LogP contribution in [0.25, 0.3) is 0 Å². The van der Waals surface area contributed by atoms with Crippen LogP contribution in [0.2, 0.25) is 0 Å². The van der Waals surface area contributed by atoms with E-state index in [1.807, 2.05) is 0 Å². The minimum Gasteiger partial charge on any atom is -0.383 e. The zero-order valence-electron chi connectivity index (χ0n) is 5.52. The number of rotatable bonds is 2. The molecule has 6 nitrogen and oxygen atoms in total. The number of aromatic nitrogens is 4. The lowest BCUT2D eigenvalue weighted by Gasteiger charge is -2.08. The molecule has 1 heterocycles. The van der Waals surface area contributed by atoms with Gasteiger partial charge in [0.25, 0.3) is 0 Å². The van der Waals surface area contributed by atoms with Gasteiger partial charge in [-0.2, -0.15) is 5.21 Å². The largest absolute Gasteiger partial charge is 0.383 e. The highest BCUT2D eigenvalue weighted by molar-refractivity contribution is 4.87. The van der Waals surface area contributed by atoms with Crippen molar-refractivity contribution >= 4 is 0 Å². The summed E-state index contributed by atoms with van der Waals surface area (Å²) in [7, 11) is 0. The molecule has 0 aliphatic rings. The van der Waals surface area contributed by atoms with Gasteiger partial charge in [0.1, 0.15) is 6.10 Å². The van der Waals surface area contributed by atoms with Gasteiger partial charge in [-0.15, -0.1) is 10.2 Å². The predicted molar refractivity (Wildman–Crippen MR) is 32.8 cm³/mol. The maximum Gasteiger partial charge on any atom is 0.204 e. The van der Waals surface area contributed by atoms with Crippen molar-refractivity contribution < 1.29 is 5.11 Å². The third-order valence-corrected chi connectivity index (χ3v) is 1.12. The van der Waals surface area contributed by atoms with E-state index in [0.29, 0.717) is 0 Å². The van der Waals surface area contributed by atoms with Crippen molar-refractivity contribution in [2.24, 2.45) is 5.73 Å². The molecule has 0 amide bonds. The first-order valence-electron chi connectivity index (χ1n) is 2.89. The number of tetrazole rings is 1. The monoisotopic (exact) mass is 143 g/mol. The predicted octanol–water partition coefficient (Wildman–Crippen LogP) is -1.42. The fourth-order valence-electron chi connectivity index (χ4n) is 0.530. The number of H-pyrrole nitrogens is 1. The number of hydrogen-bond donors (Lipinski definition) is 3. The third-order valence-electron chi connectivity index (χ3n) is 1.12. The number of aliphatic hydroxyl groups excluding tert-OH is 1. The summed E-state index contributed by atoms with van der Waals surface area (Å²) in [6, 6.07) is -0.377. The molecule has 4 N–H and O–H groups in total. The molecule has 1 aromatic heterocycles. The van der Waals surface area contributed by atoms with E-state index in [2.05, 4.69) is 20.6 Å². The van der Waals surface area contributed by atoms with Crippen LogP contribution in [0.1, 0.15) is 18.9 Å². The zero-order valence-corrected chi connectivity index (χ0v) is 5.52. The summed E-state index contributed by atoms with van der Waals surface area (Å²) in [5.74, 6) is 0.231. The Hall–Kier alpha value is -1.01. The average molecular weight is 143 g/mol. The summed E-state index contributed by atoms with van der Waals surface area (Å²) in [5.41, 5.74) is 5.36. The molecule has 0 fully saturated rings. The molecule has 2 atom stereocenters. The summed E-state index contributed by atoms with van der Waals surface area (Å²) >= 11 is 0. The van der Waals surface area contributed by atoms with E-state index in [1.165, 1.54) is 0 Å². The summed E-state index contributed by atoms with van der Waals surface area (Å²) in [5, 5.41) is 21.8. The standard InChI is InChI=1S/C4H9N5O/c1-2(5)3(10)4-6-8-9-7-4/h2-3,10H,5H2,1H3,(H,6,7,8,9). The van der Waals surface area contributed by atoms with Gasteiger partial charge < -0.3 is 10.8 Å². The Morgan fingerprint density at radius 1 is 1.70 bits per heavy atom. The third kappa shape index (κ3) is 1.28. The van der Waals surface area contributed by atoms with Crippen molar-refractivity contribution in [2.75, 3.05) is 0 Å². The number of nitrogens with two attached hydrogens (primary N) is 1. The van der Waals surface area contributed by atoms with Crippen LogP contribution >= 0.6 is 0 Å². The first kappa shape index (κ1) is 7.10. The minimum absolute atomic E-state index is 0.231. The van der Waals surface area contributed by atoms with E-state index in [1.54, 1.807) is 6.92 Å². The SMILES string of the molecule is CC(N)C(O)c1nn[nH]n1. The molecule has 0 bridgehead atoms. The van der Waals surface area contributed by atoms with Gasteiger partial charge in [0, 0.05) is 6.04 Å². The van der Waals surface area contributed by atoms with Gasteiger partial charge in [-0.25, -0.2) is 0 Å². The topological polar surface area (TPSA) is 101 Å². The van der Waals surface area contributed by atoms with Crippen LogP contribution in [-0.4, -0.2) is 31.8 Å². The summed E-state index contributed by atoms with van der Waals surface area (Å²) in [6.07, 6.45) is -0.834. The van der Waals surface area contributed by atoms with Crippen molar-refractivity contribution in [1.82, 2.24) is 20.6 Å². The second-order valence-corrected chi connectivity index (χ2v) is 2.07. The Bertz CT molecular complexity index is 184. The van der Waals surface area contributed by atoms with Crippen molar-refractivity contribution in [1.29, 1.82) is 0 Å². The van der Waals surface area contributed by atoms with Crippen molar-refractivity contribution in [3.8, 4) is 0 Å². The first-order valence-corrected chi connectivity index (χ1v) is 2.89. The first-order chi connectivity index (χ1) is 4.72. The number of nitrogens with one attached hydrogen (secondary N) is 1. The van der Waals surface area contributed by atoms with Gasteiger partial charge in [0.2, 0.25) is 5.82 Å². The highest BCUT2D eigenvalue weighted by Crippen LogP contribution is 2.06. The maximum atomic E-state index is 9.18. The molecule has 0 radical (unpaired) electrons. The van der Waals surface area contributed by atoms with Crippen LogP contribution < -0.4 is 5.73 Å². The minimum atomic E-state index is -0.834. The van der Waals surface area contributed by atoms with E-state index in [-0.39, 0.29) is 11.9 Å². The molecule has 2 unspecified atom stereocenters. The van der Waals surface area contributed by atoms with Gasteiger partial charge in [-0.3, -0.25) is 0 Å². The Labute approximate surface area is 57.4 Å². The quantitative estimate of drug-likeness (QED) is 0.471. The van der Waals surface area contributed by atoms with E-state index in [0.717, 1.165) is 0 Å². The molecule has 0 aliphatic heterocycles. The van der Waals surface area contributed by atoms with Crippen LogP contribution in [0.15, 0.2) is 0 Å². The van der Waals surface area contributed by atoms with Crippen LogP contribution in [0.3, 0.4) is 0 Å². The lowest BCUT2D eigenvalue weighted by molar-refractivity contribution is 0.144. The number of hydrogen-bond acceptors (Lipinski definition) is 5. The summed E-state index contributed by atoms with van der Waals surface area (Å²) < 4.78 is 0.